The normalized spacial score (nSPS) is 24.8. The Kier molecular flexibility index (Phi) is 3.89. The number of nitrogens with one attached hydrogen (secondary N) is 1. The molecular weight excluding hydrogens is 218 g/mol. The van der Waals surface area contributed by atoms with E-state index in [1.54, 1.807) is 0 Å². The lowest BCUT2D eigenvalue weighted by atomic mass is 9.90. The second-order valence-corrected chi connectivity index (χ2v) is 5.18. The van der Waals surface area contributed by atoms with Gasteiger partial charge in [0.05, 0.1) is 13.2 Å². The van der Waals surface area contributed by atoms with Gasteiger partial charge in [-0.15, -0.1) is 0 Å². The van der Waals surface area contributed by atoms with Gasteiger partial charge in [-0.05, 0) is 26.8 Å². The first-order valence-electron chi connectivity index (χ1n) is 6.45. The smallest absolute Gasteiger partial charge is 0.320 e. The van der Waals surface area contributed by atoms with Gasteiger partial charge >= 0.3 is 6.03 Å². The van der Waals surface area contributed by atoms with E-state index in [9.17, 15) is 4.79 Å². The number of amides is 2. The van der Waals surface area contributed by atoms with E-state index >= 15 is 0 Å². The molecule has 0 aromatic rings. The third-order valence-corrected chi connectivity index (χ3v) is 4.02. The zero-order chi connectivity index (χ0) is 12.3. The molecule has 1 N–H and O–H groups in total. The van der Waals surface area contributed by atoms with Crippen molar-refractivity contribution in [3.8, 4) is 0 Å². The Morgan fingerprint density at radius 1 is 1.12 bits per heavy atom. The van der Waals surface area contributed by atoms with Crippen LogP contribution in [0.4, 0.5) is 4.79 Å². The number of ether oxygens (including phenoxy) is 1. The van der Waals surface area contributed by atoms with Crippen molar-refractivity contribution in [3.63, 3.8) is 0 Å². The molecule has 2 aliphatic rings. The summed E-state index contributed by atoms with van der Waals surface area (Å²) >= 11 is 0. The number of rotatable bonds is 1. The first-order valence-corrected chi connectivity index (χ1v) is 6.45. The lowest BCUT2D eigenvalue weighted by molar-refractivity contribution is 0.0387. The average molecular weight is 241 g/mol. The van der Waals surface area contributed by atoms with Crippen LogP contribution in [0.25, 0.3) is 0 Å². The average Bonchev–Trinajstić information content (AvgIpc) is 2.40. The molecule has 5 heteroatoms. The third-order valence-electron chi connectivity index (χ3n) is 4.02. The van der Waals surface area contributed by atoms with E-state index in [2.05, 4.69) is 12.2 Å². The van der Waals surface area contributed by atoms with Gasteiger partial charge in [0.1, 0.15) is 0 Å². The van der Waals surface area contributed by atoms with E-state index in [0.717, 1.165) is 39.0 Å². The molecule has 2 amide bonds. The van der Waals surface area contributed by atoms with Crippen LogP contribution in [0.2, 0.25) is 0 Å². The number of morpholine rings is 1. The fourth-order valence-electron chi connectivity index (χ4n) is 2.40. The summed E-state index contributed by atoms with van der Waals surface area (Å²) in [6.45, 7) is 6.75. The van der Waals surface area contributed by atoms with E-state index in [0.29, 0.717) is 13.2 Å². The van der Waals surface area contributed by atoms with Gasteiger partial charge in [0.25, 0.3) is 0 Å². The van der Waals surface area contributed by atoms with Crippen LogP contribution in [0.3, 0.4) is 0 Å². The Hall–Kier alpha value is -0.810. The van der Waals surface area contributed by atoms with Crippen LogP contribution >= 0.6 is 0 Å². The minimum atomic E-state index is 0.187. The molecule has 17 heavy (non-hydrogen) atoms. The van der Waals surface area contributed by atoms with Crippen molar-refractivity contribution in [1.82, 2.24) is 15.1 Å². The van der Waals surface area contributed by atoms with Crippen molar-refractivity contribution in [1.29, 1.82) is 0 Å². The van der Waals surface area contributed by atoms with Crippen molar-refractivity contribution in [2.45, 2.75) is 25.3 Å². The molecule has 5 nitrogen and oxygen atoms in total. The largest absolute Gasteiger partial charge is 0.378 e. The highest BCUT2D eigenvalue weighted by Crippen LogP contribution is 2.22. The van der Waals surface area contributed by atoms with Crippen LogP contribution in [-0.4, -0.2) is 67.8 Å². The summed E-state index contributed by atoms with van der Waals surface area (Å²) in [7, 11) is 2.00. The van der Waals surface area contributed by atoms with Crippen LogP contribution in [0.15, 0.2) is 0 Å². The molecule has 0 aromatic heterocycles. The molecule has 0 unspecified atom stereocenters. The Labute approximate surface area is 103 Å². The summed E-state index contributed by atoms with van der Waals surface area (Å²) in [5.41, 5.74) is 0.196. The monoisotopic (exact) mass is 241 g/mol. The topological polar surface area (TPSA) is 44.8 Å². The van der Waals surface area contributed by atoms with Crippen molar-refractivity contribution in [2.75, 3.05) is 46.4 Å². The van der Waals surface area contributed by atoms with Crippen LogP contribution < -0.4 is 5.32 Å². The zero-order valence-corrected chi connectivity index (χ0v) is 10.9. The zero-order valence-electron chi connectivity index (χ0n) is 10.9. The summed E-state index contributed by atoms with van der Waals surface area (Å²) in [4.78, 5) is 16.1. The number of carbonyl (C=O) groups excluding carboxylic acids is 1. The molecule has 2 aliphatic heterocycles. The molecule has 2 heterocycles. The second-order valence-electron chi connectivity index (χ2n) is 5.18. The quantitative estimate of drug-likeness (QED) is 0.727. The van der Waals surface area contributed by atoms with Crippen molar-refractivity contribution >= 4 is 6.03 Å². The first-order chi connectivity index (χ1) is 8.14. The van der Waals surface area contributed by atoms with Gasteiger partial charge in [-0.25, -0.2) is 4.79 Å². The molecule has 0 saturated carbocycles. The number of nitrogens with zero attached hydrogens (tertiary/aromatic N) is 2. The maximum atomic E-state index is 12.2. The molecule has 2 saturated heterocycles. The lowest BCUT2D eigenvalue weighted by Gasteiger charge is -2.41. The maximum Gasteiger partial charge on any atom is 0.320 e. The summed E-state index contributed by atoms with van der Waals surface area (Å²) in [5, 5.41) is 3.35. The Morgan fingerprint density at radius 2 is 1.65 bits per heavy atom. The fraction of sp³-hybridized carbons (Fsp3) is 0.917. The summed E-state index contributed by atoms with van der Waals surface area (Å²) < 4.78 is 5.27. The molecule has 0 bridgehead atoms. The van der Waals surface area contributed by atoms with E-state index in [1.807, 2.05) is 16.8 Å². The lowest BCUT2D eigenvalue weighted by Crippen LogP contribution is -2.55. The molecule has 0 spiro atoms. The summed E-state index contributed by atoms with van der Waals surface area (Å²) in [6.07, 6.45) is 2.05. The Morgan fingerprint density at radius 3 is 2.18 bits per heavy atom. The van der Waals surface area contributed by atoms with Crippen molar-refractivity contribution < 1.29 is 9.53 Å². The van der Waals surface area contributed by atoms with E-state index in [-0.39, 0.29) is 11.6 Å². The number of hydrogen-bond donors (Lipinski definition) is 1. The van der Waals surface area contributed by atoms with Gasteiger partial charge in [-0.1, -0.05) is 0 Å². The third kappa shape index (κ3) is 2.90. The number of carbonyl (C=O) groups is 1. The molecule has 0 aliphatic carbocycles. The molecule has 0 radical (unpaired) electrons. The minimum Gasteiger partial charge on any atom is -0.378 e. The molecule has 2 fully saturated rings. The van der Waals surface area contributed by atoms with Gasteiger partial charge in [-0.3, -0.25) is 0 Å². The SMILES string of the molecule is CNC1(C)CCN(C(=O)N2CCOCC2)CC1. The fourth-order valence-corrected chi connectivity index (χ4v) is 2.40. The highest BCUT2D eigenvalue weighted by Gasteiger charge is 2.32. The van der Waals surface area contributed by atoms with Gasteiger partial charge < -0.3 is 19.9 Å². The van der Waals surface area contributed by atoms with Gasteiger partial charge in [0.15, 0.2) is 0 Å². The maximum absolute atomic E-state index is 12.2. The molecule has 2 rings (SSSR count). The second kappa shape index (κ2) is 5.23. The summed E-state index contributed by atoms with van der Waals surface area (Å²) in [5.74, 6) is 0. The highest BCUT2D eigenvalue weighted by atomic mass is 16.5. The van der Waals surface area contributed by atoms with Crippen molar-refractivity contribution in [3.05, 3.63) is 0 Å². The molecule has 98 valence electrons. The van der Waals surface area contributed by atoms with Crippen LogP contribution in [-0.2, 0) is 4.74 Å². The van der Waals surface area contributed by atoms with Gasteiger partial charge in [-0.2, -0.15) is 0 Å². The predicted octanol–water partition coefficient (Wildman–Crippen LogP) is 0.513. The van der Waals surface area contributed by atoms with Crippen molar-refractivity contribution in [2.24, 2.45) is 0 Å². The van der Waals surface area contributed by atoms with Crippen LogP contribution in [0, 0.1) is 0 Å². The molecule has 0 atom stereocenters. The van der Waals surface area contributed by atoms with E-state index in [4.69, 9.17) is 4.74 Å². The molecular formula is C12H23N3O2. The number of hydrogen-bond acceptors (Lipinski definition) is 3. The van der Waals surface area contributed by atoms with Gasteiger partial charge in [0, 0.05) is 31.7 Å². The Bertz CT molecular complexity index is 269. The van der Waals surface area contributed by atoms with Crippen LogP contribution in [0.5, 0.6) is 0 Å². The standard InChI is InChI=1S/C12H23N3O2/c1-12(13-2)3-5-14(6-4-12)11(16)15-7-9-17-10-8-15/h13H,3-10H2,1-2H3. The Balaban J connectivity index is 1.85. The van der Waals surface area contributed by atoms with E-state index in [1.165, 1.54) is 0 Å². The predicted molar refractivity (Wildman–Crippen MR) is 66.1 cm³/mol. The summed E-state index contributed by atoms with van der Waals surface area (Å²) in [6, 6.07) is 0.187. The number of piperidine rings is 1. The van der Waals surface area contributed by atoms with E-state index < -0.39 is 0 Å². The first kappa shape index (κ1) is 12.6. The number of urea groups is 1. The van der Waals surface area contributed by atoms with Gasteiger partial charge in [0.2, 0.25) is 0 Å². The minimum absolute atomic E-state index is 0.187. The van der Waals surface area contributed by atoms with Crippen LogP contribution in [0.1, 0.15) is 19.8 Å². The number of likely N-dealkylation sites (tertiary alicyclic amines) is 1. The highest BCUT2D eigenvalue weighted by molar-refractivity contribution is 5.74. The molecule has 0 aromatic carbocycles.